The van der Waals surface area contributed by atoms with Crippen molar-refractivity contribution in [1.82, 2.24) is 4.90 Å². The van der Waals surface area contributed by atoms with E-state index in [4.69, 9.17) is 0 Å². The molecule has 25 heavy (non-hydrogen) atoms. The summed E-state index contributed by atoms with van der Waals surface area (Å²) < 4.78 is 0. The number of nitrogens with zero attached hydrogens (tertiary/aromatic N) is 2. The van der Waals surface area contributed by atoms with Gasteiger partial charge in [0.15, 0.2) is 5.78 Å². The Morgan fingerprint density at radius 2 is 1.52 bits per heavy atom. The van der Waals surface area contributed by atoms with Crippen molar-refractivity contribution in [3.63, 3.8) is 0 Å². The molecule has 1 heterocycles. The van der Waals surface area contributed by atoms with E-state index in [0.717, 1.165) is 37.4 Å². The minimum Gasteiger partial charge on any atom is -0.368 e. The summed E-state index contributed by atoms with van der Waals surface area (Å²) in [4.78, 5) is 27.8. The van der Waals surface area contributed by atoms with Gasteiger partial charge in [-0.1, -0.05) is 36.4 Å². The fourth-order valence-electron chi connectivity index (χ4n) is 2.95. The van der Waals surface area contributed by atoms with Gasteiger partial charge in [-0.2, -0.15) is 0 Å². The highest BCUT2D eigenvalue weighted by molar-refractivity contribution is 6.06. The van der Waals surface area contributed by atoms with Crippen molar-refractivity contribution in [3.05, 3.63) is 71.8 Å². The molecule has 0 aliphatic carbocycles. The van der Waals surface area contributed by atoms with Crippen LogP contribution < -0.4 is 4.90 Å². The Hall–Kier alpha value is -2.88. The number of hydrogen-bond donors (Lipinski definition) is 0. The highest BCUT2D eigenvalue weighted by Gasteiger charge is 2.18. The summed E-state index contributed by atoms with van der Waals surface area (Å²) in [7, 11) is 0. The predicted octanol–water partition coefficient (Wildman–Crippen LogP) is 3.25. The number of amides is 1. The molecule has 3 rings (SSSR count). The van der Waals surface area contributed by atoms with E-state index in [1.165, 1.54) is 0 Å². The Labute approximate surface area is 148 Å². The van der Waals surface area contributed by atoms with Crippen LogP contribution in [0.4, 0.5) is 5.69 Å². The summed E-state index contributed by atoms with van der Waals surface area (Å²) in [5.41, 5.74) is 2.78. The smallest absolute Gasteiger partial charge is 0.219 e. The molecule has 128 valence electrons. The van der Waals surface area contributed by atoms with Crippen molar-refractivity contribution < 1.29 is 9.59 Å². The Morgan fingerprint density at radius 1 is 0.880 bits per heavy atom. The molecule has 4 heteroatoms. The van der Waals surface area contributed by atoms with E-state index in [-0.39, 0.29) is 11.7 Å². The molecule has 2 aromatic rings. The highest BCUT2D eigenvalue weighted by atomic mass is 16.2. The van der Waals surface area contributed by atoms with Crippen LogP contribution in [0, 0.1) is 0 Å². The zero-order valence-electron chi connectivity index (χ0n) is 14.4. The molecule has 0 spiro atoms. The molecule has 0 unspecified atom stereocenters. The number of allylic oxidation sites excluding steroid dienone is 1. The predicted molar refractivity (Wildman–Crippen MR) is 101 cm³/mol. The molecule has 1 aliphatic heterocycles. The summed E-state index contributed by atoms with van der Waals surface area (Å²) >= 11 is 0. The van der Waals surface area contributed by atoms with E-state index in [9.17, 15) is 9.59 Å². The molecule has 1 saturated heterocycles. The average molecular weight is 334 g/mol. The van der Waals surface area contributed by atoms with Crippen molar-refractivity contribution in [2.75, 3.05) is 31.1 Å². The normalized spacial score (nSPS) is 14.8. The van der Waals surface area contributed by atoms with Crippen molar-refractivity contribution in [1.29, 1.82) is 0 Å². The summed E-state index contributed by atoms with van der Waals surface area (Å²) in [5, 5.41) is 0. The van der Waals surface area contributed by atoms with Gasteiger partial charge in [0.1, 0.15) is 0 Å². The number of rotatable bonds is 4. The van der Waals surface area contributed by atoms with Crippen LogP contribution in [-0.4, -0.2) is 42.8 Å². The SMILES string of the molecule is CC(=O)N1CCN(c2ccc(C(=O)/C=C/c3ccccc3)cc2)CC1. The van der Waals surface area contributed by atoms with Gasteiger partial charge in [-0.15, -0.1) is 0 Å². The number of ketones is 1. The van der Waals surface area contributed by atoms with E-state index >= 15 is 0 Å². The Balaban J connectivity index is 1.61. The third kappa shape index (κ3) is 4.35. The van der Waals surface area contributed by atoms with Crippen LogP contribution in [0.1, 0.15) is 22.8 Å². The maximum atomic E-state index is 12.3. The van der Waals surface area contributed by atoms with Crippen LogP contribution in [0.5, 0.6) is 0 Å². The molecule has 2 aromatic carbocycles. The van der Waals surface area contributed by atoms with Crippen LogP contribution in [0.2, 0.25) is 0 Å². The molecule has 0 aromatic heterocycles. The largest absolute Gasteiger partial charge is 0.368 e. The third-order valence-corrected chi connectivity index (χ3v) is 4.47. The number of anilines is 1. The first-order valence-electron chi connectivity index (χ1n) is 8.51. The molecule has 1 amide bonds. The van der Waals surface area contributed by atoms with Gasteiger partial charge in [-0.05, 0) is 35.9 Å². The Kier molecular flexibility index (Phi) is 5.29. The van der Waals surface area contributed by atoms with Crippen molar-refractivity contribution in [2.45, 2.75) is 6.92 Å². The maximum absolute atomic E-state index is 12.3. The Morgan fingerprint density at radius 3 is 2.12 bits per heavy atom. The lowest BCUT2D eigenvalue weighted by Crippen LogP contribution is -2.48. The van der Waals surface area contributed by atoms with E-state index in [2.05, 4.69) is 4.90 Å². The number of carbonyl (C=O) groups is 2. The van der Waals surface area contributed by atoms with E-state index < -0.39 is 0 Å². The van der Waals surface area contributed by atoms with Gasteiger partial charge in [0.05, 0.1) is 0 Å². The van der Waals surface area contributed by atoms with Crippen molar-refractivity contribution in [2.24, 2.45) is 0 Å². The summed E-state index contributed by atoms with van der Waals surface area (Å²) in [6.07, 6.45) is 3.44. The summed E-state index contributed by atoms with van der Waals surface area (Å²) in [5.74, 6) is 0.127. The molecule has 4 nitrogen and oxygen atoms in total. The van der Waals surface area contributed by atoms with Gasteiger partial charge < -0.3 is 9.80 Å². The second-order valence-corrected chi connectivity index (χ2v) is 6.15. The lowest BCUT2D eigenvalue weighted by Gasteiger charge is -2.35. The van der Waals surface area contributed by atoms with Gasteiger partial charge in [0.25, 0.3) is 0 Å². The quantitative estimate of drug-likeness (QED) is 0.636. The van der Waals surface area contributed by atoms with Crippen LogP contribution in [0.25, 0.3) is 6.08 Å². The minimum atomic E-state index is -0.00296. The molecule has 1 aliphatic rings. The molecule has 0 N–H and O–H groups in total. The first kappa shape index (κ1) is 17.0. The van der Waals surface area contributed by atoms with E-state index in [1.807, 2.05) is 65.6 Å². The van der Waals surface area contributed by atoms with Crippen molar-refractivity contribution >= 4 is 23.5 Å². The Bertz CT molecular complexity index is 758. The number of benzene rings is 2. The van der Waals surface area contributed by atoms with Gasteiger partial charge in [-0.3, -0.25) is 9.59 Å². The van der Waals surface area contributed by atoms with Gasteiger partial charge in [0, 0.05) is 44.4 Å². The molecule has 0 bridgehead atoms. The fraction of sp³-hybridized carbons (Fsp3) is 0.238. The molecular weight excluding hydrogens is 312 g/mol. The molecule has 1 fully saturated rings. The topological polar surface area (TPSA) is 40.6 Å². The van der Waals surface area contributed by atoms with Gasteiger partial charge in [0.2, 0.25) is 5.91 Å². The third-order valence-electron chi connectivity index (χ3n) is 4.47. The molecule has 0 atom stereocenters. The zero-order valence-corrected chi connectivity index (χ0v) is 14.4. The molecule has 0 radical (unpaired) electrons. The standard InChI is InChI=1S/C21H22N2O2/c1-17(24)22-13-15-23(16-14-22)20-10-8-19(9-11-20)21(25)12-7-18-5-3-2-4-6-18/h2-12H,13-16H2,1H3/b12-7+. The van der Waals surface area contributed by atoms with E-state index in [0.29, 0.717) is 5.56 Å². The number of hydrogen-bond acceptors (Lipinski definition) is 3. The van der Waals surface area contributed by atoms with E-state index in [1.54, 1.807) is 13.0 Å². The first-order chi connectivity index (χ1) is 12.1. The minimum absolute atomic E-state index is 0.00296. The second kappa shape index (κ2) is 7.79. The maximum Gasteiger partial charge on any atom is 0.219 e. The van der Waals surface area contributed by atoms with Crippen LogP contribution in [0.3, 0.4) is 0 Å². The van der Waals surface area contributed by atoms with Crippen LogP contribution in [0.15, 0.2) is 60.7 Å². The highest BCUT2D eigenvalue weighted by Crippen LogP contribution is 2.18. The van der Waals surface area contributed by atoms with Crippen LogP contribution >= 0.6 is 0 Å². The summed E-state index contributed by atoms with van der Waals surface area (Å²) in [6.45, 7) is 4.74. The fourth-order valence-corrected chi connectivity index (χ4v) is 2.95. The first-order valence-corrected chi connectivity index (χ1v) is 8.51. The molecular formula is C21H22N2O2. The lowest BCUT2D eigenvalue weighted by atomic mass is 10.1. The number of carbonyl (C=O) groups excluding carboxylic acids is 2. The summed E-state index contributed by atoms with van der Waals surface area (Å²) in [6, 6.07) is 17.5. The second-order valence-electron chi connectivity index (χ2n) is 6.15. The average Bonchev–Trinajstić information content (AvgIpc) is 2.67. The lowest BCUT2D eigenvalue weighted by molar-refractivity contribution is -0.129. The van der Waals surface area contributed by atoms with Crippen molar-refractivity contribution in [3.8, 4) is 0 Å². The van der Waals surface area contributed by atoms with Gasteiger partial charge >= 0.3 is 0 Å². The monoisotopic (exact) mass is 334 g/mol. The zero-order chi connectivity index (χ0) is 17.6. The van der Waals surface area contributed by atoms with Gasteiger partial charge in [-0.25, -0.2) is 0 Å². The molecule has 0 saturated carbocycles. The number of piperazine rings is 1. The van der Waals surface area contributed by atoms with Crippen LogP contribution in [-0.2, 0) is 4.79 Å².